The van der Waals surface area contributed by atoms with Crippen molar-refractivity contribution in [2.75, 3.05) is 0 Å². The van der Waals surface area contributed by atoms with Crippen molar-refractivity contribution in [2.45, 2.75) is 98.8 Å². The Balaban J connectivity index is 1.90. The highest BCUT2D eigenvalue weighted by Gasteiger charge is 2.52. The molecule has 1 nitrogen and oxygen atoms in total. The summed E-state index contributed by atoms with van der Waals surface area (Å²) in [7, 11) is 0. The van der Waals surface area contributed by atoms with Gasteiger partial charge in [-0.05, 0) is 54.8 Å². The second kappa shape index (κ2) is 7.05. The van der Waals surface area contributed by atoms with Gasteiger partial charge in [-0.3, -0.25) is 4.79 Å². The molecule has 2 aliphatic carbocycles. The van der Waals surface area contributed by atoms with Crippen LogP contribution in [0.25, 0.3) is 0 Å². The first-order chi connectivity index (χ1) is 10.4. The van der Waals surface area contributed by atoms with Crippen molar-refractivity contribution in [3.63, 3.8) is 0 Å². The Morgan fingerprint density at radius 3 is 2.59 bits per heavy atom. The van der Waals surface area contributed by atoms with E-state index in [2.05, 4.69) is 34.6 Å². The van der Waals surface area contributed by atoms with Gasteiger partial charge in [0, 0.05) is 12.3 Å². The molecule has 0 aliphatic heterocycles. The van der Waals surface area contributed by atoms with Gasteiger partial charge in [0.05, 0.1) is 0 Å². The lowest BCUT2D eigenvalue weighted by Gasteiger charge is -2.42. The minimum Gasteiger partial charge on any atom is -0.299 e. The van der Waals surface area contributed by atoms with Crippen LogP contribution < -0.4 is 0 Å². The summed E-state index contributed by atoms with van der Waals surface area (Å²) in [5, 5.41) is 0. The summed E-state index contributed by atoms with van der Waals surface area (Å²) in [6, 6.07) is 0. The third kappa shape index (κ3) is 3.44. The minimum atomic E-state index is 0.327. The molecule has 1 heteroatoms. The molecule has 4 atom stereocenters. The van der Waals surface area contributed by atoms with Crippen LogP contribution in [0.4, 0.5) is 0 Å². The Labute approximate surface area is 138 Å². The molecule has 2 fully saturated rings. The molecule has 0 aromatic carbocycles. The van der Waals surface area contributed by atoms with Crippen molar-refractivity contribution in [1.82, 2.24) is 0 Å². The van der Waals surface area contributed by atoms with E-state index in [4.69, 9.17) is 0 Å². The van der Waals surface area contributed by atoms with E-state index in [9.17, 15) is 4.79 Å². The standard InChI is InChI=1S/C21H38O/c1-6-20(4,7-2)14-8-10-16(3)17-12-13-18-19(22)11-9-15-21(17,18)5/h16-18H,6-15H2,1-5H3. The van der Waals surface area contributed by atoms with E-state index in [-0.39, 0.29) is 0 Å². The van der Waals surface area contributed by atoms with Crippen LogP contribution in [-0.4, -0.2) is 5.78 Å². The van der Waals surface area contributed by atoms with Crippen LogP contribution in [0, 0.1) is 28.6 Å². The number of carbonyl (C=O) groups excluding carboxylic acids is 1. The molecule has 0 heterocycles. The first kappa shape index (κ1) is 18.0. The van der Waals surface area contributed by atoms with E-state index in [1.165, 1.54) is 51.4 Å². The highest BCUT2D eigenvalue weighted by Crippen LogP contribution is 2.57. The van der Waals surface area contributed by atoms with Gasteiger partial charge in [-0.15, -0.1) is 0 Å². The van der Waals surface area contributed by atoms with E-state index in [0.717, 1.165) is 24.7 Å². The van der Waals surface area contributed by atoms with Gasteiger partial charge >= 0.3 is 0 Å². The Bertz CT molecular complexity index is 381. The molecule has 2 rings (SSSR count). The fourth-order valence-corrected chi connectivity index (χ4v) is 5.56. The zero-order chi connectivity index (χ0) is 16.4. The largest absolute Gasteiger partial charge is 0.299 e. The van der Waals surface area contributed by atoms with Gasteiger partial charge in [0.15, 0.2) is 0 Å². The lowest BCUT2D eigenvalue weighted by atomic mass is 9.62. The summed E-state index contributed by atoms with van der Waals surface area (Å²) < 4.78 is 0. The molecule has 0 saturated heterocycles. The van der Waals surface area contributed by atoms with Gasteiger partial charge in [-0.1, -0.05) is 60.3 Å². The van der Waals surface area contributed by atoms with Crippen molar-refractivity contribution in [3.05, 3.63) is 0 Å². The number of rotatable bonds is 7. The Kier molecular flexibility index (Phi) is 5.78. The predicted octanol–water partition coefficient (Wildman–Crippen LogP) is 6.40. The Morgan fingerprint density at radius 2 is 1.95 bits per heavy atom. The fourth-order valence-electron chi connectivity index (χ4n) is 5.56. The van der Waals surface area contributed by atoms with Crippen molar-refractivity contribution in [1.29, 1.82) is 0 Å². The zero-order valence-electron chi connectivity index (χ0n) is 15.7. The molecule has 0 aromatic rings. The van der Waals surface area contributed by atoms with Gasteiger partial charge in [0.1, 0.15) is 5.78 Å². The van der Waals surface area contributed by atoms with Crippen molar-refractivity contribution >= 4 is 5.78 Å². The molecular formula is C21H38O. The van der Waals surface area contributed by atoms with E-state index in [1.54, 1.807) is 0 Å². The van der Waals surface area contributed by atoms with Gasteiger partial charge in [0.2, 0.25) is 0 Å². The molecule has 0 aromatic heterocycles. The fraction of sp³-hybridized carbons (Fsp3) is 0.952. The molecule has 4 unspecified atom stereocenters. The highest BCUT2D eigenvalue weighted by molar-refractivity contribution is 5.83. The molecule has 0 bridgehead atoms. The number of ketones is 1. The first-order valence-corrected chi connectivity index (χ1v) is 9.89. The maximum absolute atomic E-state index is 12.3. The molecule has 0 spiro atoms. The van der Waals surface area contributed by atoms with Crippen LogP contribution in [0.2, 0.25) is 0 Å². The number of hydrogen-bond acceptors (Lipinski definition) is 1. The summed E-state index contributed by atoms with van der Waals surface area (Å²) in [6.45, 7) is 12.0. The predicted molar refractivity (Wildman–Crippen MR) is 94.9 cm³/mol. The van der Waals surface area contributed by atoms with Crippen LogP contribution in [0.3, 0.4) is 0 Å². The van der Waals surface area contributed by atoms with E-state index in [0.29, 0.717) is 22.5 Å². The molecule has 2 saturated carbocycles. The van der Waals surface area contributed by atoms with Gasteiger partial charge in [0.25, 0.3) is 0 Å². The third-order valence-corrected chi connectivity index (χ3v) is 7.77. The SMILES string of the molecule is CCC(C)(CC)CCCC(C)C1CCC2C(=O)CCCC21C. The van der Waals surface area contributed by atoms with E-state index >= 15 is 0 Å². The normalized spacial score (nSPS) is 33.8. The molecule has 0 amide bonds. The average Bonchev–Trinajstić information content (AvgIpc) is 2.85. The molecule has 128 valence electrons. The average molecular weight is 307 g/mol. The zero-order valence-corrected chi connectivity index (χ0v) is 15.7. The first-order valence-electron chi connectivity index (χ1n) is 9.89. The molecular weight excluding hydrogens is 268 g/mol. The molecule has 22 heavy (non-hydrogen) atoms. The number of Topliss-reactive ketones (excluding diaryl/α,β-unsaturated/α-hetero) is 1. The minimum absolute atomic E-state index is 0.327. The van der Waals surface area contributed by atoms with Crippen LogP contribution in [0.5, 0.6) is 0 Å². The molecule has 2 aliphatic rings. The number of hydrogen-bond donors (Lipinski definition) is 0. The summed E-state index contributed by atoms with van der Waals surface area (Å²) in [4.78, 5) is 12.3. The Morgan fingerprint density at radius 1 is 1.27 bits per heavy atom. The summed E-state index contributed by atoms with van der Waals surface area (Å²) in [5.41, 5.74) is 0.871. The van der Waals surface area contributed by atoms with Crippen LogP contribution in [0.15, 0.2) is 0 Å². The van der Waals surface area contributed by atoms with Gasteiger partial charge in [-0.25, -0.2) is 0 Å². The van der Waals surface area contributed by atoms with Crippen LogP contribution in [-0.2, 0) is 4.79 Å². The molecule has 0 N–H and O–H groups in total. The van der Waals surface area contributed by atoms with E-state index < -0.39 is 0 Å². The monoisotopic (exact) mass is 306 g/mol. The lowest BCUT2D eigenvalue weighted by Crippen LogP contribution is -2.39. The summed E-state index contributed by atoms with van der Waals surface area (Å²) >= 11 is 0. The number of carbonyl (C=O) groups is 1. The highest BCUT2D eigenvalue weighted by atomic mass is 16.1. The van der Waals surface area contributed by atoms with E-state index in [1.807, 2.05) is 0 Å². The lowest BCUT2D eigenvalue weighted by molar-refractivity contribution is -0.130. The Hall–Kier alpha value is -0.330. The summed E-state index contributed by atoms with van der Waals surface area (Å²) in [6.07, 6.45) is 12.5. The van der Waals surface area contributed by atoms with Crippen LogP contribution >= 0.6 is 0 Å². The van der Waals surface area contributed by atoms with Gasteiger partial charge < -0.3 is 0 Å². The quantitative estimate of drug-likeness (QED) is 0.531. The number of fused-ring (bicyclic) bond motifs is 1. The van der Waals surface area contributed by atoms with Crippen molar-refractivity contribution in [3.8, 4) is 0 Å². The second-order valence-electron chi connectivity index (χ2n) is 8.95. The van der Waals surface area contributed by atoms with Gasteiger partial charge in [-0.2, -0.15) is 0 Å². The van der Waals surface area contributed by atoms with Crippen molar-refractivity contribution < 1.29 is 4.79 Å². The molecule has 0 radical (unpaired) electrons. The van der Waals surface area contributed by atoms with Crippen LogP contribution in [0.1, 0.15) is 98.8 Å². The smallest absolute Gasteiger partial charge is 0.136 e. The van der Waals surface area contributed by atoms with Crippen molar-refractivity contribution in [2.24, 2.45) is 28.6 Å². The second-order valence-corrected chi connectivity index (χ2v) is 8.95. The topological polar surface area (TPSA) is 17.1 Å². The third-order valence-electron chi connectivity index (χ3n) is 7.77. The maximum atomic E-state index is 12.3. The maximum Gasteiger partial charge on any atom is 0.136 e. The summed E-state index contributed by atoms with van der Waals surface area (Å²) in [5.74, 6) is 2.55.